The van der Waals surface area contributed by atoms with E-state index in [0.717, 1.165) is 11.4 Å². The van der Waals surface area contributed by atoms with Gasteiger partial charge in [0, 0.05) is 30.6 Å². The molecule has 0 bridgehead atoms. The Morgan fingerprint density at radius 3 is 2.39 bits per heavy atom. The Balaban J connectivity index is 1.96. The van der Waals surface area contributed by atoms with Crippen molar-refractivity contribution in [2.45, 2.75) is 51.5 Å². The van der Waals surface area contributed by atoms with E-state index in [-0.39, 0.29) is 16.2 Å². The lowest BCUT2D eigenvalue weighted by Gasteiger charge is -2.19. The number of aryl methyl sites for hydroxylation is 1. The molecule has 0 aliphatic carbocycles. The number of hydrogen-bond donors (Lipinski definition) is 2. The maximum atomic E-state index is 13.2. The lowest BCUT2D eigenvalue weighted by Crippen LogP contribution is -2.25. The van der Waals surface area contributed by atoms with E-state index in [9.17, 15) is 13.2 Å². The van der Waals surface area contributed by atoms with E-state index in [4.69, 9.17) is 11.6 Å². The Morgan fingerprint density at radius 1 is 1.12 bits per heavy atom. The van der Waals surface area contributed by atoms with Crippen LogP contribution in [0.25, 0.3) is 11.3 Å². The van der Waals surface area contributed by atoms with Crippen LogP contribution in [0.15, 0.2) is 53.6 Å². The van der Waals surface area contributed by atoms with E-state index in [1.807, 2.05) is 23.6 Å². The van der Waals surface area contributed by atoms with Crippen LogP contribution in [0, 0.1) is 6.92 Å². The number of carbonyl (C=O) groups is 1. The standard InChI is InChI=1S/C24H29ClN4O3S/c1-16-27-15-23(29(16)13-12-26-17(2)30)21-14-19(25)8-11-22(21)28-33(31,32)20-9-6-18(7-10-20)24(3,4)5/h6-11,14-15,28H,12-13H2,1-5H3,(H,26,30). The van der Waals surface area contributed by atoms with Crippen molar-refractivity contribution >= 4 is 33.2 Å². The van der Waals surface area contributed by atoms with Crippen LogP contribution in [-0.2, 0) is 26.8 Å². The molecule has 0 aliphatic rings. The topological polar surface area (TPSA) is 93.1 Å². The highest BCUT2D eigenvalue weighted by atomic mass is 35.5. The van der Waals surface area contributed by atoms with Gasteiger partial charge in [-0.2, -0.15) is 0 Å². The van der Waals surface area contributed by atoms with Crippen LogP contribution in [0.1, 0.15) is 39.1 Å². The fourth-order valence-corrected chi connectivity index (χ4v) is 4.72. The number of aromatic nitrogens is 2. The summed E-state index contributed by atoms with van der Waals surface area (Å²) < 4.78 is 30.9. The maximum Gasteiger partial charge on any atom is 0.261 e. The van der Waals surface area contributed by atoms with Crippen molar-refractivity contribution in [3.63, 3.8) is 0 Å². The van der Waals surface area contributed by atoms with Gasteiger partial charge in [0.05, 0.1) is 22.5 Å². The summed E-state index contributed by atoms with van der Waals surface area (Å²) in [5, 5.41) is 3.23. The molecule has 3 rings (SSSR count). The zero-order valence-corrected chi connectivity index (χ0v) is 21.0. The highest BCUT2D eigenvalue weighted by Crippen LogP contribution is 2.33. The van der Waals surface area contributed by atoms with Gasteiger partial charge in [-0.15, -0.1) is 0 Å². The van der Waals surface area contributed by atoms with Crippen LogP contribution in [0.2, 0.25) is 5.02 Å². The summed E-state index contributed by atoms with van der Waals surface area (Å²) in [5.74, 6) is 0.616. The second-order valence-corrected chi connectivity index (χ2v) is 11.0. The van der Waals surface area contributed by atoms with Gasteiger partial charge in [-0.1, -0.05) is 44.5 Å². The van der Waals surface area contributed by atoms with Crippen LogP contribution in [0.3, 0.4) is 0 Å². The molecule has 2 N–H and O–H groups in total. The third-order valence-electron chi connectivity index (χ3n) is 5.30. The van der Waals surface area contributed by atoms with E-state index in [1.54, 1.807) is 36.5 Å². The first kappa shape index (κ1) is 24.8. The number of rotatable bonds is 7. The third-order valence-corrected chi connectivity index (χ3v) is 6.91. The fraction of sp³-hybridized carbons (Fsp3) is 0.333. The van der Waals surface area contributed by atoms with E-state index >= 15 is 0 Å². The zero-order valence-electron chi connectivity index (χ0n) is 19.4. The molecule has 0 aliphatic heterocycles. The van der Waals surface area contributed by atoms with Gasteiger partial charge in [0.1, 0.15) is 5.82 Å². The predicted molar refractivity (Wildman–Crippen MR) is 132 cm³/mol. The van der Waals surface area contributed by atoms with Crippen molar-refractivity contribution in [2.24, 2.45) is 0 Å². The normalized spacial score (nSPS) is 11.9. The predicted octanol–water partition coefficient (Wildman–Crippen LogP) is 4.75. The number of anilines is 1. The minimum atomic E-state index is -3.83. The van der Waals surface area contributed by atoms with Gasteiger partial charge in [0.2, 0.25) is 5.91 Å². The van der Waals surface area contributed by atoms with Gasteiger partial charge in [-0.25, -0.2) is 13.4 Å². The van der Waals surface area contributed by atoms with Crippen molar-refractivity contribution in [3.8, 4) is 11.3 Å². The fourth-order valence-electron chi connectivity index (χ4n) is 3.46. The molecule has 0 saturated heterocycles. The highest BCUT2D eigenvalue weighted by molar-refractivity contribution is 7.92. The van der Waals surface area contributed by atoms with Crippen LogP contribution in [-0.4, -0.2) is 30.4 Å². The molecule has 0 saturated carbocycles. The summed E-state index contributed by atoms with van der Waals surface area (Å²) >= 11 is 6.26. The second kappa shape index (κ2) is 9.57. The summed E-state index contributed by atoms with van der Waals surface area (Å²) in [6, 6.07) is 11.9. The molecule has 7 nitrogen and oxygen atoms in total. The van der Waals surface area contributed by atoms with Crippen LogP contribution in [0.4, 0.5) is 5.69 Å². The number of nitrogens with zero attached hydrogens (tertiary/aromatic N) is 2. The number of carbonyl (C=O) groups excluding carboxylic acids is 1. The molecule has 9 heteroatoms. The largest absolute Gasteiger partial charge is 0.355 e. The molecule has 0 radical (unpaired) electrons. The molecule has 0 spiro atoms. The summed E-state index contributed by atoms with van der Waals surface area (Å²) in [7, 11) is -3.83. The van der Waals surface area contributed by atoms with Gasteiger partial charge in [-0.3, -0.25) is 9.52 Å². The van der Waals surface area contributed by atoms with Crippen molar-refractivity contribution in [3.05, 3.63) is 65.1 Å². The van der Waals surface area contributed by atoms with E-state index in [0.29, 0.717) is 35.1 Å². The number of sulfonamides is 1. The van der Waals surface area contributed by atoms with E-state index in [1.165, 1.54) is 6.92 Å². The molecule has 1 heterocycles. The van der Waals surface area contributed by atoms with Gasteiger partial charge in [-0.05, 0) is 48.2 Å². The highest BCUT2D eigenvalue weighted by Gasteiger charge is 2.21. The third kappa shape index (κ3) is 5.94. The zero-order chi connectivity index (χ0) is 24.4. The van der Waals surface area contributed by atoms with Crippen LogP contribution < -0.4 is 10.0 Å². The minimum absolute atomic E-state index is 0.0768. The second-order valence-electron chi connectivity index (χ2n) is 8.90. The SMILES string of the molecule is CC(=O)NCCn1c(-c2cc(Cl)ccc2NS(=O)(=O)c2ccc(C(C)(C)C)cc2)cnc1C. The number of amides is 1. The summed E-state index contributed by atoms with van der Waals surface area (Å²) in [6.07, 6.45) is 1.67. The molecule has 0 unspecified atom stereocenters. The molecule has 3 aromatic rings. The number of nitrogens with one attached hydrogen (secondary N) is 2. The number of hydrogen-bond acceptors (Lipinski definition) is 4. The van der Waals surface area contributed by atoms with Crippen molar-refractivity contribution in [2.75, 3.05) is 11.3 Å². The first-order valence-corrected chi connectivity index (χ1v) is 12.4. The first-order chi connectivity index (χ1) is 15.4. The van der Waals surface area contributed by atoms with Gasteiger partial charge < -0.3 is 9.88 Å². The van der Waals surface area contributed by atoms with Gasteiger partial charge >= 0.3 is 0 Å². The Hall–Kier alpha value is -2.84. The molecular weight excluding hydrogens is 460 g/mol. The maximum absolute atomic E-state index is 13.2. The van der Waals surface area contributed by atoms with Crippen LogP contribution in [0.5, 0.6) is 0 Å². The number of benzene rings is 2. The van der Waals surface area contributed by atoms with Crippen molar-refractivity contribution in [1.29, 1.82) is 0 Å². The summed E-state index contributed by atoms with van der Waals surface area (Å²) in [4.78, 5) is 15.8. The lowest BCUT2D eigenvalue weighted by molar-refractivity contribution is -0.118. The smallest absolute Gasteiger partial charge is 0.261 e. The molecule has 0 fully saturated rings. The molecule has 176 valence electrons. The average Bonchev–Trinajstić information content (AvgIpc) is 3.09. The Bertz CT molecular complexity index is 1260. The van der Waals surface area contributed by atoms with E-state index in [2.05, 4.69) is 35.8 Å². The Kier molecular flexibility index (Phi) is 7.19. The number of halogens is 1. The van der Waals surface area contributed by atoms with Crippen molar-refractivity contribution in [1.82, 2.24) is 14.9 Å². The van der Waals surface area contributed by atoms with Gasteiger partial charge in [0.15, 0.2) is 0 Å². The molecule has 1 aromatic heterocycles. The molecule has 0 atom stereocenters. The lowest BCUT2D eigenvalue weighted by atomic mass is 9.87. The molecule has 33 heavy (non-hydrogen) atoms. The first-order valence-electron chi connectivity index (χ1n) is 10.6. The minimum Gasteiger partial charge on any atom is -0.355 e. The molecule has 2 aromatic carbocycles. The molecular formula is C24H29ClN4O3S. The van der Waals surface area contributed by atoms with E-state index < -0.39 is 10.0 Å². The molecule has 1 amide bonds. The number of imidazole rings is 1. The quantitative estimate of drug-likeness (QED) is 0.502. The Labute approximate surface area is 200 Å². The summed E-state index contributed by atoms with van der Waals surface area (Å²) in [6.45, 7) is 10.4. The monoisotopic (exact) mass is 488 g/mol. The van der Waals surface area contributed by atoms with Crippen LogP contribution >= 0.6 is 11.6 Å². The Morgan fingerprint density at radius 2 is 1.79 bits per heavy atom. The average molecular weight is 489 g/mol. The van der Waals surface area contributed by atoms with Gasteiger partial charge in [0.25, 0.3) is 10.0 Å². The van der Waals surface area contributed by atoms with Crippen molar-refractivity contribution < 1.29 is 13.2 Å². The summed E-state index contributed by atoms with van der Waals surface area (Å²) in [5.41, 5.74) is 2.65.